The van der Waals surface area contributed by atoms with Crippen LogP contribution in [0.5, 0.6) is 5.75 Å². The molecule has 2 N–H and O–H groups in total. The first-order valence-electron chi connectivity index (χ1n) is 9.30. The van der Waals surface area contributed by atoms with Crippen molar-refractivity contribution in [2.75, 3.05) is 0 Å². The summed E-state index contributed by atoms with van der Waals surface area (Å²) in [4.78, 5) is 0. The van der Waals surface area contributed by atoms with Gasteiger partial charge in [-0.15, -0.1) is 0 Å². The highest BCUT2D eigenvalue weighted by atomic mass is 16.3. The minimum Gasteiger partial charge on any atom is -0.508 e. The summed E-state index contributed by atoms with van der Waals surface area (Å²) < 4.78 is 0. The summed E-state index contributed by atoms with van der Waals surface area (Å²) in [7, 11) is 0. The maximum absolute atomic E-state index is 10.8. The second kappa shape index (κ2) is 7.65. The molecule has 0 saturated heterocycles. The monoisotopic (exact) mass is 353 g/mol. The highest BCUT2D eigenvalue weighted by Crippen LogP contribution is 2.37. The van der Waals surface area contributed by atoms with Crippen LogP contribution in [0.15, 0.2) is 97.1 Å². The summed E-state index contributed by atoms with van der Waals surface area (Å²) in [5.41, 5.74) is 3.27. The van der Waals surface area contributed by atoms with Gasteiger partial charge < -0.3 is 5.11 Å². The predicted octanol–water partition coefficient (Wildman–Crippen LogP) is 5.99. The average molecular weight is 353 g/mol. The number of hydrogen-bond acceptors (Lipinski definition) is 2. The molecular formula is C25H23NO. The maximum atomic E-state index is 10.8. The van der Waals surface area contributed by atoms with Gasteiger partial charge in [-0.3, -0.25) is 5.32 Å². The molecule has 2 heteroatoms. The molecule has 0 bridgehead atoms. The minimum atomic E-state index is -0.118. The lowest BCUT2D eigenvalue weighted by Gasteiger charge is -2.26. The number of hydrogen-bond donors (Lipinski definition) is 2. The lowest BCUT2D eigenvalue weighted by molar-refractivity contribution is 0.449. The summed E-state index contributed by atoms with van der Waals surface area (Å²) in [5, 5.41) is 16.7. The van der Waals surface area contributed by atoms with Gasteiger partial charge in [-0.25, -0.2) is 0 Å². The van der Waals surface area contributed by atoms with Crippen LogP contribution in [0.3, 0.4) is 0 Å². The summed E-state index contributed by atoms with van der Waals surface area (Å²) in [6.45, 7) is 2.16. The van der Waals surface area contributed by atoms with Crippen molar-refractivity contribution in [3.8, 4) is 5.75 Å². The molecule has 0 radical (unpaired) electrons. The molecule has 4 rings (SSSR count). The smallest absolute Gasteiger partial charge is 0.121 e. The lowest BCUT2D eigenvalue weighted by atomic mass is 9.91. The molecule has 0 saturated carbocycles. The Balaban J connectivity index is 1.84. The van der Waals surface area contributed by atoms with Crippen molar-refractivity contribution in [1.29, 1.82) is 0 Å². The van der Waals surface area contributed by atoms with Gasteiger partial charge in [0.1, 0.15) is 5.75 Å². The summed E-state index contributed by atoms with van der Waals surface area (Å²) in [5.74, 6) is 0.315. The third kappa shape index (κ3) is 3.57. The van der Waals surface area contributed by atoms with E-state index in [1.807, 2.05) is 42.5 Å². The standard InChI is InChI=1S/C25H23NO/c1-18(19-10-4-2-5-11-19)26-25(21-13-6-3-7-14-21)24-22-15-9-8-12-20(22)16-17-23(24)27/h2-18,25-27H,1H3/t18-,25+/m0/s1. The van der Waals surface area contributed by atoms with Gasteiger partial charge in [0.05, 0.1) is 6.04 Å². The van der Waals surface area contributed by atoms with Crippen LogP contribution in [-0.4, -0.2) is 5.11 Å². The van der Waals surface area contributed by atoms with Crippen LogP contribution in [0.25, 0.3) is 10.8 Å². The van der Waals surface area contributed by atoms with Crippen LogP contribution in [0.1, 0.15) is 35.7 Å². The predicted molar refractivity (Wildman–Crippen MR) is 112 cm³/mol. The third-order valence-electron chi connectivity index (χ3n) is 5.09. The molecule has 0 spiro atoms. The van der Waals surface area contributed by atoms with E-state index < -0.39 is 0 Å². The van der Waals surface area contributed by atoms with Crippen molar-refractivity contribution < 1.29 is 5.11 Å². The molecule has 27 heavy (non-hydrogen) atoms. The van der Waals surface area contributed by atoms with E-state index >= 15 is 0 Å². The minimum absolute atomic E-state index is 0.118. The first-order valence-corrected chi connectivity index (χ1v) is 9.30. The third-order valence-corrected chi connectivity index (χ3v) is 5.09. The first kappa shape index (κ1) is 17.3. The molecule has 0 fully saturated rings. The number of aromatic hydroxyl groups is 1. The van der Waals surface area contributed by atoms with E-state index in [1.165, 1.54) is 5.56 Å². The van der Waals surface area contributed by atoms with Crippen LogP contribution in [0.2, 0.25) is 0 Å². The first-order chi connectivity index (χ1) is 13.2. The summed E-state index contributed by atoms with van der Waals surface area (Å²) >= 11 is 0. The van der Waals surface area contributed by atoms with Gasteiger partial charge in [0, 0.05) is 11.6 Å². The Kier molecular flexibility index (Phi) is 4.91. The van der Waals surface area contributed by atoms with Crippen LogP contribution < -0.4 is 5.32 Å². The fraction of sp³-hybridized carbons (Fsp3) is 0.120. The molecule has 0 aliphatic heterocycles. The van der Waals surface area contributed by atoms with E-state index in [1.54, 1.807) is 6.07 Å². The van der Waals surface area contributed by atoms with Crippen molar-refractivity contribution in [1.82, 2.24) is 5.32 Å². The summed E-state index contributed by atoms with van der Waals surface area (Å²) in [6, 6.07) is 32.7. The number of nitrogens with one attached hydrogen (secondary N) is 1. The number of rotatable bonds is 5. The Morgan fingerprint density at radius 3 is 1.96 bits per heavy atom. The van der Waals surface area contributed by atoms with Crippen molar-refractivity contribution in [2.24, 2.45) is 0 Å². The van der Waals surface area contributed by atoms with Gasteiger partial charge in [-0.2, -0.15) is 0 Å². The van der Waals surface area contributed by atoms with Crippen molar-refractivity contribution in [3.05, 3.63) is 114 Å². The van der Waals surface area contributed by atoms with E-state index in [0.717, 1.165) is 21.9 Å². The molecule has 0 aliphatic rings. The summed E-state index contributed by atoms with van der Waals surface area (Å²) in [6.07, 6.45) is 0. The number of phenols is 1. The Morgan fingerprint density at radius 1 is 0.667 bits per heavy atom. The number of phenolic OH excluding ortho intramolecular Hbond substituents is 1. The van der Waals surface area contributed by atoms with Crippen molar-refractivity contribution >= 4 is 10.8 Å². The zero-order chi connectivity index (χ0) is 18.6. The zero-order valence-electron chi connectivity index (χ0n) is 15.3. The van der Waals surface area contributed by atoms with Crippen LogP contribution in [0.4, 0.5) is 0 Å². The second-order valence-corrected chi connectivity index (χ2v) is 6.86. The fourth-order valence-corrected chi connectivity index (χ4v) is 3.67. The average Bonchev–Trinajstić information content (AvgIpc) is 2.73. The largest absolute Gasteiger partial charge is 0.508 e. The van der Waals surface area contributed by atoms with Gasteiger partial charge in [0.25, 0.3) is 0 Å². The topological polar surface area (TPSA) is 32.3 Å². The van der Waals surface area contributed by atoms with Gasteiger partial charge in [-0.1, -0.05) is 91.0 Å². The van der Waals surface area contributed by atoms with E-state index in [4.69, 9.17) is 0 Å². The normalized spacial score (nSPS) is 13.4. The number of fused-ring (bicyclic) bond motifs is 1. The Bertz CT molecular complexity index is 1030. The van der Waals surface area contributed by atoms with Gasteiger partial charge >= 0.3 is 0 Å². The van der Waals surface area contributed by atoms with E-state index in [-0.39, 0.29) is 12.1 Å². The Morgan fingerprint density at radius 2 is 1.26 bits per heavy atom. The van der Waals surface area contributed by atoms with Gasteiger partial charge in [0.2, 0.25) is 0 Å². The molecule has 134 valence electrons. The lowest BCUT2D eigenvalue weighted by Crippen LogP contribution is -2.26. The molecular weight excluding hydrogens is 330 g/mol. The molecule has 2 atom stereocenters. The Labute approximate surface area is 160 Å². The van der Waals surface area contributed by atoms with Crippen LogP contribution >= 0.6 is 0 Å². The van der Waals surface area contributed by atoms with Gasteiger partial charge in [-0.05, 0) is 34.9 Å². The quantitative estimate of drug-likeness (QED) is 0.462. The van der Waals surface area contributed by atoms with E-state index in [9.17, 15) is 5.11 Å². The van der Waals surface area contributed by atoms with Crippen molar-refractivity contribution in [2.45, 2.75) is 19.0 Å². The van der Waals surface area contributed by atoms with Crippen LogP contribution in [0, 0.1) is 0 Å². The van der Waals surface area contributed by atoms with E-state index in [2.05, 4.69) is 60.8 Å². The molecule has 4 aromatic carbocycles. The van der Waals surface area contributed by atoms with Gasteiger partial charge in [0.15, 0.2) is 0 Å². The molecule has 0 heterocycles. The molecule has 0 amide bonds. The fourth-order valence-electron chi connectivity index (χ4n) is 3.67. The molecule has 2 nitrogen and oxygen atoms in total. The second-order valence-electron chi connectivity index (χ2n) is 6.86. The van der Waals surface area contributed by atoms with E-state index in [0.29, 0.717) is 5.75 Å². The molecule has 0 aliphatic carbocycles. The highest BCUT2D eigenvalue weighted by molar-refractivity contribution is 5.88. The SMILES string of the molecule is C[C@H](N[C@H](c1ccccc1)c1c(O)ccc2ccccc12)c1ccccc1. The van der Waals surface area contributed by atoms with Crippen LogP contribution in [-0.2, 0) is 0 Å². The maximum Gasteiger partial charge on any atom is 0.121 e. The number of benzene rings is 4. The molecule has 0 aromatic heterocycles. The Hall–Kier alpha value is -3.10. The molecule has 4 aromatic rings. The molecule has 0 unspecified atom stereocenters. The van der Waals surface area contributed by atoms with Crippen molar-refractivity contribution in [3.63, 3.8) is 0 Å². The zero-order valence-corrected chi connectivity index (χ0v) is 15.3. The highest BCUT2D eigenvalue weighted by Gasteiger charge is 2.22.